The highest BCUT2D eigenvalue weighted by Gasteiger charge is 2.35. The van der Waals surface area contributed by atoms with Crippen molar-refractivity contribution in [2.24, 2.45) is 0 Å². The summed E-state index contributed by atoms with van der Waals surface area (Å²) in [5, 5.41) is 11.7. The molecule has 0 radical (unpaired) electrons. The molecule has 1 fully saturated rings. The Balaban J connectivity index is 2.84. The number of ether oxygens (including phenoxy) is 2. The highest BCUT2D eigenvalue weighted by molar-refractivity contribution is 5.33. The molecule has 2 unspecified atom stereocenters. The molecule has 0 spiro atoms. The molecule has 1 aromatic carbocycles. The molecule has 98 valence electrons. The van der Waals surface area contributed by atoms with E-state index < -0.39 is 48.3 Å². The van der Waals surface area contributed by atoms with E-state index in [1.807, 2.05) is 0 Å². The summed E-state index contributed by atoms with van der Waals surface area (Å²) in [7, 11) is 1.27. The van der Waals surface area contributed by atoms with E-state index in [0.717, 1.165) is 12.1 Å². The van der Waals surface area contributed by atoms with E-state index in [1.54, 1.807) is 0 Å². The summed E-state index contributed by atoms with van der Waals surface area (Å²) in [5.41, 5.74) is 0. The van der Waals surface area contributed by atoms with Crippen LogP contribution < -0.4 is 9.47 Å². The first-order valence-corrected chi connectivity index (χ1v) is 4.93. The largest absolute Gasteiger partial charge is 0.497 e. The smallest absolute Gasteiger partial charge is 0.249 e. The van der Waals surface area contributed by atoms with Gasteiger partial charge < -0.3 is 9.47 Å². The summed E-state index contributed by atoms with van der Waals surface area (Å²) >= 11 is 0. The minimum Gasteiger partial charge on any atom is -0.497 e. The Morgan fingerprint density at radius 1 is 1.44 bits per heavy atom. The first-order chi connectivity index (χ1) is 12.5. The zero-order valence-electron chi connectivity index (χ0n) is 19.4. The van der Waals surface area contributed by atoms with Crippen LogP contribution >= 0.6 is 0 Å². The van der Waals surface area contributed by atoms with Crippen LogP contribution in [0, 0.1) is 10.1 Å². The lowest BCUT2D eigenvalue weighted by atomic mass is 9.93. The molecule has 1 aliphatic rings. The van der Waals surface area contributed by atoms with Gasteiger partial charge in [0.25, 0.3) is 0 Å². The molecule has 0 aliphatic heterocycles. The summed E-state index contributed by atoms with van der Waals surface area (Å²) < 4.78 is 89.5. The van der Waals surface area contributed by atoms with Gasteiger partial charge in [0.2, 0.25) is 6.02 Å². The zero-order valence-corrected chi connectivity index (χ0v) is 9.39. The van der Waals surface area contributed by atoms with Crippen LogP contribution in [-0.4, -0.2) is 24.1 Å². The molecule has 2 rings (SSSR count). The maximum atomic E-state index is 11.7. The minimum atomic E-state index is -4.08. The number of hydrogen-bond donors (Lipinski definition) is 0. The summed E-state index contributed by atoms with van der Waals surface area (Å²) in [4.78, 5) is 10.0. The van der Waals surface area contributed by atoms with Gasteiger partial charge >= 0.3 is 0 Å². The average Bonchev–Trinajstić information content (AvgIpc) is 2.59. The molecule has 5 nitrogen and oxygen atoms in total. The van der Waals surface area contributed by atoms with Crippen molar-refractivity contribution in [2.75, 3.05) is 7.11 Å². The van der Waals surface area contributed by atoms with Crippen molar-refractivity contribution >= 4 is 0 Å². The summed E-state index contributed by atoms with van der Waals surface area (Å²) in [6.07, 6.45) is -19.2. The lowest BCUT2D eigenvalue weighted by molar-refractivity contribution is -0.536. The normalized spacial score (nSPS) is 50.9. The van der Waals surface area contributed by atoms with E-state index in [0.29, 0.717) is 0 Å². The predicted molar refractivity (Wildman–Crippen MR) is 66.7 cm³/mol. The average molecular weight is 261 g/mol. The van der Waals surface area contributed by atoms with Gasteiger partial charge in [-0.25, -0.2) is 0 Å². The van der Waals surface area contributed by atoms with E-state index in [1.165, 1.54) is 19.2 Å². The fraction of sp³-hybridized carbons (Fsp3) is 0.538. The van der Waals surface area contributed by atoms with Crippen LogP contribution in [0.5, 0.6) is 11.5 Å². The quantitative estimate of drug-likeness (QED) is 0.617. The van der Waals surface area contributed by atoms with Gasteiger partial charge in [0, 0.05) is 28.3 Å². The van der Waals surface area contributed by atoms with Crippen molar-refractivity contribution in [2.45, 2.75) is 37.6 Å². The molecule has 0 aromatic heterocycles. The molecule has 0 amide bonds. The van der Waals surface area contributed by atoms with E-state index in [4.69, 9.17) is 23.2 Å². The van der Waals surface area contributed by atoms with Crippen molar-refractivity contribution in [3.05, 3.63) is 34.4 Å². The second-order valence-electron chi connectivity index (χ2n) is 3.22. The third kappa shape index (κ3) is 2.91. The van der Waals surface area contributed by atoms with E-state index >= 15 is 0 Å². The fourth-order valence-corrected chi connectivity index (χ4v) is 1.28. The first kappa shape index (κ1) is 5.07. The van der Waals surface area contributed by atoms with E-state index in [-0.39, 0.29) is 5.75 Å². The number of methoxy groups -OCH3 is 1. The Morgan fingerprint density at radius 2 is 2.17 bits per heavy atom. The Morgan fingerprint density at radius 3 is 2.89 bits per heavy atom. The maximum absolute atomic E-state index is 11.7. The molecule has 2 atom stereocenters. The van der Waals surface area contributed by atoms with Gasteiger partial charge in [-0.05, 0) is 31.3 Å². The fourth-order valence-electron chi connectivity index (χ4n) is 1.28. The molecule has 0 heterocycles. The van der Waals surface area contributed by atoms with Crippen LogP contribution in [0.2, 0.25) is 0 Å². The molecule has 18 heavy (non-hydrogen) atoms. The number of rotatable bonds is 4. The highest BCUT2D eigenvalue weighted by Crippen LogP contribution is 2.27. The monoisotopic (exact) mass is 261 g/mol. The van der Waals surface area contributed by atoms with Crippen LogP contribution in [0.3, 0.4) is 0 Å². The van der Waals surface area contributed by atoms with Gasteiger partial charge in [0.05, 0.1) is 8.48 Å². The van der Waals surface area contributed by atoms with Crippen molar-refractivity contribution in [1.29, 1.82) is 0 Å². The molecular formula is C13H17NO4. The Kier molecular flexibility index (Phi) is 1.61. The van der Waals surface area contributed by atoms with Gasteiger partial charge in [0.1, 0.15) is 12.9 Å². The third-order valence-electron chi connectivity index (χ3n) is 2.08. The number of nitrogens with zero attached hydrogens (tertiary/aromatic N) is 1. The summed E-state index contributed by atoms with van der Waals surface area (Å²) in [6.45, 7) is 0. The maximum Gasteiger partial charge on any atom is 0.249 e. The molecule has 1 aliphatic carbocycles. The van der Waals surface area contributed by atoms with Gasteiger partial charge in [0.15, 0.2) is 6.08 Å². The van der Waals surface area contributed by atoms with Gasteiger partial charge in [-0.1, -0.05) is 6.07 Å². The van der Waals surface area contributed by atoms with E-state index in [2.05, 4.69) is 0 Å². The molecule has 5 heteroatoms. The van der Waals surface area contributed by atoms with Gasteiger partial charge in [-0.15, -0.1) is 0 Å². The van der Waals surface area contributed by atoms with Gasteiger partial charge in [-0.2, -0.15) is 0 Å². The van der Waals surface area contributed by atoms with Crippen molar-refractivity contribution in [1.82, 2.24) is 0 Å². The predicted octanol–water partition coefficient (Wildman–Crippen LogP) is 2.66. The van der Waals surface area contributed by atoms with Crippen molar-refractivity contribution < 1.29 is 28.1 Å². The standard InChI is InChI=1S/C13H17NO4/c1-17-10-5-4-6-11(9-10)18-13-8-3-2-7-12(13)14(15)16/h4-6,9,12-13H,2-3,7-8H2,1H3/i2D2,3D2,7D2,8D2,12D,13D. The first-order valence-electron chi connectivity index (χ1n) is 9.93. The number of nitro groups is 1. The van der Waals surface area contributed by atoms with Gasteiger partial charge in [-0.3, -0.25) is 10.1 Å². The van der Waals surface area contributed by atoms with Crippen LogP contribution in [0.15, 0.2) is 24.3 Å². The molecule has 1 aromatic rings. The highest BCUT2D eigenvalue weighted by atomic mass is 16.6. The van der Waals surface area contributed by atoms with Crippen LogP contribution in [0.1, 0.15) is 39.2 Å². The number of benzene rings is 1. The SMILES string of the molecule is [2H]C1([2H])C([2H])([2H])C([2H])([2H])C([2H])([N+](=O)[O-])C([2H])(Oc2cccc(OC)c2)C1([2H])[2H]. The topological polar surface area (TPSA) is 61.6 Å². The van der Waals surface area contributed by atoms with Crippen LogP contribution in [0.25, 0.3) is 0 Å². The van der Waals surface area contributed by atoms with E-state index in [9.17, 15) is 10.1 Å². The number of hydrogen-bond acceptors (Lipinski definition) is 4. The molecule has 0 bridgehead atoms. The minimum absolute atomic E-state index is 0.135. The Bertz CT molecular complexity index is 803. The summed E-state index contributed by atoms with van der Waals surface area (Å²) in [5.74, 6) is -0.290. The molecule has 0 N–H and O–H groups in total. The lowest BCUT2D eigenvalue weighted by Crippen LogP contribution is -2.40. The zero-order chi connectivity index (χ0) is 22.0. The second-order valence-corrected chi connectivity index (χ2v) is 3.22. The van der Waals surface area contributed by atoms with Crippen LogP contribution in [0.4, 0.5) is 0 Å². The van der Waals surface area contributed by atoms with Crippen molar-refractivity contribution in [3.63, 3.8) is 0 Å². The van der Waals surface area contributed by atoms with Crippen molar-refractivity contribution in [3.8, 4) is 11.5 Å². The van der Waals surface area contributed by atoms with Crippen LogP contribution in [-0.2, 0) is 0 Å². The molecular weight excluding hydrogens is 234 g/mol. The molecule has 1 saturated carbocycles. The molecule has 0 saturated heterocycles. The lowest BCUT2D eigenvalue weighted by Gasteiger charge is -2.26. The summed E-state index contributed by atoms with van der Waals surface area (Å²) in [6, 6.07) is 0.875. The Hall–Kier alpha value is -1.78. The second kappa shape index (κ2) is 5.71. The third-order valence-corrected chi connectivity index (χ3v) is 2.08. The Labute approximate surface area is 120 Å².